The number of hydrogen-bond acceptors (Lipinski definition) is 5. The van der Waals surface area contributed by atoms with Gasteiger partial charge in [-0.15, -0.1) is 0 Å². The first-order valence-electron chi connectivity index (χ1n) is 10.7. The van der Waals surface area contributed by atoms with Crippen molar-refractivity contribution in [2.75, 3.05) is 16.8 Å². The fourth-order valence-electron chi connectivity index (χ4n) is 3.37. The highest BCUT2D eigenvalue weighted by Crippen LogP contribution is 2.27. The van der Waals surface area contributed by atoms with E-state index in [0.29, 0.717) is 10.6 Å². The summed E-state index contributed by atoms with van der Waals surface area (Å²) < 4.78 is 19.2. The molecule has 10 heteroatoms. The summed E-state index contributed by atoms with van der Waals surface area (Å²) in [7, 11) is 0. The molecule has 1 fully saturated rings. The molecule has 0 unspecified atom stereocenters. The van der Waals surface area contributed by atoms with E-state index in [1.54, 1.807) is 43.3 Å². The normalized spacial score (nSPS) is 14.6. The lowest BCUT2D eigenvalue weighted by molar-refractivity contribution is -0.122. The molecule has 1 aliphatic heterocycles. The van der Waals surface area contributed by atoms with Crippen LogP contribution >= 0.6 is 11.6 Å². The maximum atomic E-state index is 13.7. The Labute approximate surface area is 210 Å². The number of hydrogen-bond donors (Lipinski definition) is 2. The van der Waals surface area contributed by atoms with Gasteiger partial charge in [0.15, 0.2) is 6.61 Å². The van der Waals surface area contributed by atoms with Crippen molar-refractivity contribution in [3.63, 3.8) is 0 Å². The molecule has 4 rings (SSSR count). The van der Waals surface area contributed by atoms with Gasteiger partial charge < -0.3 is 10.1 Å². The molecule has 0 atom stereocenters. The minimum atomic E-state index is -0.889. The number of nitrogens with one attached hydrogen (secondary N) is 2. The second kappa shape index (κ2) is 10.4. The average Bonchev–Trinajstić information content (AvgIpc) is 2.84. The van der Waals surface area contributed by atoms with Crippen molar-refractivity contribution in [2.45, 2.75) is 6.92 Å². The van der Waals surface area contributed by atoms with Crippen LogP contribution in [-0.2, 0) is 14.4 Å². The second-order valence-corrected chi connectivity index (χ2v) is 8.19. The number of aryl methyl sites for hydroxylation is 1. The number of para-hydroxylation sites is 1. The Hall–Kier alpha value is -4.50. The van der Waals surface area contributed by atoms with Gasteiger partial charge in [0.2, 0.25) is 0 Å². The fourth-order valence-corrected chi connectivity index (χ4v) is 3.55. The second-order valence-electron chi connectivity index (χ2n) is 7.78. The zero-order valence-electron chi connectivity index (χ0n) is 18.9. The standard InChI is InChI=1S/C26H19ClFN3O5/c1-15-9-10-17(13-20(15)27)31-25(34)19(24(33)30-26(31)35)12-16-5-4-6-18(11-16)36-14-23(32)29-22-8-3-2-7-21(22)28/h2-13H,14H2,1H3,(H,29,32)(H,30,33,35)/b19-12+. The summed E-state index contributed by atoms with van der Waals surface area (Å²) in [6.45, 7) is 1.38. The van der Waals surface area contributed by atoms with Crippen molar-refractivity contribution in [2.24, 2.45) is 0 Å². The van der Waals surface area contributed by atoms with Crippen LogP contribution in [0.1, 0.15) is 11.1 Å². The van der Waals surface area contributed by atoms with E-state index in [-0.39, 0.29) is 22.7 Å². The van der Waals surface area contributed by atoms with Crippen molar-refractivity contribution < 1.29 is 28.3 Å². The Morgan fingerprint density at radius 1 is 1.08 bits per heavy atom. The molecule has 0 aromatic heterocycles. The van der Waals surface area contributed by atoms with Gasteiger partial charge in [-0.1, -0.05) is 41.9 Å². The Morgan fingerprint density at radius 3 is 2.61 bits per heavy atom. The zero-order valence-corrected chi connectivity index (χ0v) is 19.6. The number of imide groups is 2. The quantitative estimate of drug-likeness (QED) is 0.378. The number of carbonyl (C=O) groups is 4. The third-order valence-electron chi connectivity index (χ3n) is 5.20. The summed E-state index contributed by atoms with van der Waals surface area (Å²) in [6.07, 6.45) is 1.30. The van der Waals surface area contributed by atoms with Gasteiger partial charge in [-0.3, -0.25) is 19.7 Å². The third kappa shape index (κ3) is 5.42. The average molecular weight is 508 g/mol. The summed E-state index contributed by atoms with van der Waals surface area (Å²) in [5.74, 6) is -2.55. The molecule has 0 aliphatic carbocycles. The van der Waals surface area contributed by atoms with E-state index in [2.05, 4.69) is 10.6 Å². The third-order valence-corrected chi connectivity index (χ3v) is 5.61. The van der Waals surface area contributed by atoms with E-state index in [4.69, 9.17) is 16.3 Å². The van der Waals surface area contributed by atoms with Crippen LogP contribution in [0.3, 0.4) is 0 Å². The van der Waals surface area contributed by atoms with Gasteiger partial charge in [-0.25, -0.2) is 14.1 Å². The molecule has 182 valence electrons. The van der Waals surface area contributed by atoms with Gasteiger partial charge in [0.05, 0.1) is 11.4 Å². The summed E-state index contributed by atoms with van der Waals surface area (Å²) in [4.78, 5) is 50.8. The number of rotatable bonds is 6. The molecular formula is C26H19ClFN3O5. The monoisotopic (exact) mass is 507 g/mol. The predicted octanol–water partition coefficient (Wildman–Crippen LogP) is 4.47. The Morgan fingerprint density at radius 2 is 1.86 bits per heavy atom. The number of ether oxygens (including phenoxy) is 1. The number of amides is 5. The molecule has 36 heavy (non-hydrogen) atoms. The Kier molecular flexibility index (Phi) is 7.12. The highest BCUT2D eigenvalue weighted by molar-refractivity contribution is 6.39. The Balaban J connectivity index is 1.50. The van der Waals surface area contributed by atoms with Gasteiger partial charge in [0, 0.05) is 5.02 Å². The minimum absolute atomic E-state index is 0.0281. The lowest BCUT2D eigenvalue weighted by atomic mass is 10.1. The van der Waals surface area contributed by atoms with E-state index in [0.717, 1.165) is 10.5 Å². The molecule has 8 nitrogen and oxygen atoms in total. The molecule has 3 aromatic rings. The summed E-state index contributed by atoms with van der Waals surface area (Å²) in [6, 6.07) is 15.8. The summed E-state index contributed by atoms with van der Waals surface area (Å²) in [5, 5.41) is 4.92. The smallest absolute Gasteiger partial charge is 0.335 e. The SMILES string of the molecule is Cc1ccc(N2C(=O)NC(=O)/C(=C\c3cccc(OCC(=O)Nc4ccccc4F)c3)C2=O)cc1Cl. The zero-order chi connectivity index (χ0) is 25.8. The molecule has 2 N–H and O–H groups in total. The van der Waals surface area contributed by atoms with Gasteiger partial charge in [-0.2, -0.15) is 0 Å². The molecule has 5 amide bonds. The molecule has 3 aromatic carbocycles. The molecule has 0 radical (unpaired) electrons. The van der Waals surface area contributed by atoms with Crippen molar-refractivity contribution in [3.8, 4) is 5.75 Å². The van der Waals surface area contributed by atoms with Gasteiger partial charge in [0.1, 0.15) is 17.1 Å². The highest BCUT2D eigenvalue weighted by Gasteiger charge is 2.37. The number of benzene rings is 3. The number of urea groups is 1. The fraction of sp³-hybridized carbons (Fsp3) is 0.0769. The topological polar surface area (TPSA) is 105 Å². The van der Waals surface area contributed by atoms with E-state index < -0.39 is 36.2 Å². The number of nitrogens with zero attached hydrogens (tertiary/aromatic N) is 1. The van der Waals surface area contributed by atoms with Crippen LogP contribution in [0.5, 0.6) is 5.75 Å². The first-order valence-corrected chi connectivity index (χ1v) is 11.1. The summed E-state index contributed by atoms with van der Waals surface area (Å²) in [5.41, 5.74) is 1.14. The van der Waals surface area contributed by atoms with Crippen LogP contribution in [0, 0.1) is 12.7 Å². The molecule has 1 aliphatic rings. The van der Waals surface area contributed by atoms with Gasteiger partial charge in [0.25, 0.3) is 17.7 Å². The highest BCUT2D eigenvalue weighted by atomic mass is 35.5. The van der Waals surface area contributed by atoms with Crippen LogP contribution in [0.2, 0.25) is 5.02 Å². The van der Waals surface area contributed by atoms with Crippen molar-refractivity contribution in [1.29, 1.82) is 0 Å². The molecular weight excluding hydrogens is 489 g/mol. The summed E-state index contributed by atoms with van der Waals surface area (Å²) >= 11 is 6.13. The van der Waals surface area contributed by atoms with Crippen molar-refractivity contribution in [1.82, 2.24) is 5.32 Å². The lowest BCUT2D eigenvalue weighted by Gasteiger charge is -2.26. The largest absolute Gasteiger partial charge is 0.484 e. The molecule has 1 heterocycles. The lowest BCUT2D eigenvalue weighted by Crippen LogP contribution is -2.54. The van der Waals surface area contributed by atoms with Crippen LogP contribution < -0.4 is 20.3 Å². The van der Waals surface area contributed by atoms with Gasteiger partial charge >= 0.3 is 6.03 Å². The minimum Gasteiger partial charge on any atom is -0.484 e. The first-order chi connectivity index (χ1) is 17.2. The predicted molar refractivity (Wildman–Crippen MR) is 132 cm³/mol. The van der Waals surface area contributed by atoms with Crippen molar-refractivity contribution in [3.05, 3.63) is 94.3 Å². The maximum Gasteiger partial charge on any atom is 0.335 e. The molecule has 1 saturated heterocycles. The maximum absolute atomic E-state index is 13.7. The molecule has 0 spiro atoms. The van der Waals surface area contributed by atoms with E-state index in [9.17, 15) is 23.6 Å². The van der Waals surface area contributed by atoms with E-state index in [1.165, 1.54) is 36.4 Å². The van der Waals surface area contributed by atoms with E-state index >= 15 is 0 Å². The van der Waals surface area contributed by atoms with Gasteiger partial charge in [-0.05, 0) is 60.5 Å². The van der Waals surface area contributed by atoms with Crippen LogP contribution in [0.25, 0.3) is 6.08 Å². The van der Waals surface area contributed by atoms with Crippen LogP contribution in [0.4, 0.5) is 20.6 Å². The van der Waals surface area contributed by atoms with Crippen LogP contribution in [0.15, 0.2) is 72.3 Å². The Bertz CT molecular complexity index is 1420. The molecule has 0 bridgehead atoms. The number of carbonyl (C=O) groups excluding carboxylic acids is 4. The van der Waals surface area contributed by atoms with Crippen LogP contribution in [-0.4, -0.2) is 30.4 Å². The number of anilines is 2. The van der Waals surface area contributed by atoms with E-state index in [1.807, 2.05) is 0 Å². The molecule has 0 saturated carbocycles. The van der Waals surface area contributed by atoms with Crippen molar-refractivity contribution >= 4 is 52.8 Å². The number of barbiturate groups is 1. The number of halogens is 2. The first kappa shape index (κ1) is 24.6.